The lowest BCUT2D eigenvalue weighted by Gasteiger charge is -2.15. The molecule has 0 heterocycles. The number of hydrogen-bond acceptors (Lipinski definition) is 3. The molecule has 1 atom stereocenters. The molecule has 0 aliphatic heterocycles. The van der Waals surface area contributed by atoms with Gasteiger partial charge in [0.2, 0.25) is 0 Å². The molecule has 0 aliphatic carbocycles. The number of ether oxygens (including phenoxy) is 1. The molecule has 0 saturated carbocycles. The third-order valence-corrected chi connectivity index (χ3v) is 6.77. The van der Waals surface area contributed by atoms with E-state index in [2.05, 4.69) is 62.5 Å². The van der Waals surface area contributed by atoms with Crippen LogP contribution in [0.15, 0.2) is 48.6 Å². The number of rotatable bonds is 28. The zero-order valence-corrected chi connectivity index (χ0v) is 25.4. The van der Waals surface area contributed by atoms with Gasteiger partial charge in [-0.3, -0.25) is 9.59 Å². The minimum absolute atomic E-state index is 0.0933. The molecule has 0 aromatic carbocycles. The van der Waals surface area contributed by atoms with Crippen LogP contribution in [0.4, 0.5) is 0 Å². The normalized spacial score (nSPS) is 12.9. The minimum Gasteiger partial charge on any atom is -0.481 e. The molecule has 1 unspecified atom stereocenters. The van der Waals surface area contributed by atoms with Crippen molar-refractivity contribution in [2.75, 3.05) is 0 Å². The Morgan fingerprint density at radius 3 is 1.85 bits per heavy atom. The zero-order chi connectivity index (χ0) is 28.7. The summed E-state index contributed by atoms with van der Waals surface area (Å²) in [5, 5.41) is 8.79. The van der Waals surface area contributed by atoms with Crippen LogP contribution in [0.25, 0.3) is 0 Å². The molecule has 0 amide bonds. The second-order valence-electron chi connectivity index (χ2n) is 10.6. The molecule has 0 radical (unpaired) electrons. The summed E-state index contributed by atoms with van der Waals surface area (Å²) in [4.78, 5) is 23.2. The maximum Gasteiger partial charge on any atom is 0.306 e. The van der Waals surface area contributed by atoms with E-state index in [0.717, 1.165) is 83.5 Å². The lowest BCUT2D eigenvalue weighted by molar-refractivity contribution is -0.147. The Balaban J connectivity index is 4.18. The molecule has 224 valence electrons. The molecule has 0 bridgehead atoms. The van der Waals surface area contributed by atoms with Gasteiger partial charge < -0.3 is 9.84 Å². The quantitative estimate of drug-likeness (QED) is 0.0604. The van der Waals surface area contributed by atoms with Gasteiger partial charge in [-0.25, -0.2) is 0 Å². The van der Waals surface area contributed by atoms with Crippen LogP contribution < -0.4 is 0 Å². The fourth-order valence-electron chi connectivity index (χ4n) is 4.40. The van der Waals surface area contributed by atoms with Gasteiger partial charge in [-0.15, -0.1) is 0 Å². The van der Waals surface area contributed by atoms with E-state index in [4.69, 9.17) is 9.84 Å². The van der Waals surface area contributed by atoms with Crippen LogP contribution in [-0.2, 0) is 14.3 Å². The van der Waals surface area contributed by atoms with Crippen molar-refractivity contribution in [3.63, 3.8) is 0 Å². The molecule has 0 aromatic rings. The van der Waals surface area contributed by atoms with Crippen LogP contribution in [0.3, 0.4) is 0 Å². The Kier molecular flexibility index (Phi) is 28.8. The molecule has 0 rings (SSSR count). The second-order valence-corrected chi connectivity index (χ2v) is 10.6. The number of esters is 1. The van der Waals surface area contributed by atoms with Gasteiger partial charge in [-0.1, -0.05) is 114 Å². The van der Waals surface area contributed by atoms with Crippen molar-refractivity contribution >= 4 is 11.9 Å². The number of carboxylic acids is 1. The number of unbranched alkanes of at least 4 members (excludes halogenated alkanes) is 13. The van der Waals surface area contributed by atoms with E-state index in [9.17, 15) is 9.59 Å². The maximum atomic E-state index is 12.5. The summed E-state index contributed by atoms with van der Waals surface area (Å²) < 4.78 is 5.83. The number of allylic oxidation sites excluding steroid dienone is 7. The summed E-state index contributed by atoms with van der Waals surface area (Å²) in [6.45, 7) is 4.40. The van der Waals surface area contributed by atoms with Gasteiger partial charge in [0.15, 0.2) is 0 Å². The lowest BCUT2D eigenvalue weighted by Crippen LogP contribution is -2.16. The first-order valence-electron chi connectivity index (χ1n) is 16.1. The van der Waals surface area contributed by atoms with E-state index in [1.54, 1.807) is 0 Å². The Hall–Kier alpha value is -2.10. The second kappa shape index (κ2) is 30.4. The van der Waals surface area contributed by atoms with Crippen LogP contribution in [0.1, 0.15) is 155 Å². The molecule has 0 fully saturated rings. The highest BCUT2D eigenvalue weighted by atomic mass is 16.5. The van der Waals surface area contributed by atoms with Gasteiger partial charge in [-0.2, -0.15) is 0 Å². The Morgan fingerprint density at radius 2 is 1.15 bits per heavy atom. The van der Waals surface area contributed by atoms with Crippen molar-refractivity contribution in [3.8, 4) is 0 Å². The van der Waals surface area contributed by atoms with Crippen LogP contribution in [-0.4, -0.2) is 23.1 Å². The average Bonchev–Trinajstić information content (AvgIpc) is 2.91. The minimum atomic E-state index is -0.727. The molecular formula is C35H60O4. The van der Waals surface area contributed by atoms with Gasteiger partial charge in [-0.05, 0) is 76.7 Å². The zero-order valence-electron chi connectivity index (χ0n) is 25.4. The van der Waals surface area contributed by atoms with E-state index in [-0.39, 0.29) is 18.5 Å². The van der Waals surface area contributed by atoms with E-state index in [0.29, 0.717) is 6.42 Å². The smallest absolute Gasteiger partial charge is 0.306 e. The van der Waals surface area contributed by atoms with Crippen molar-refractivity contribution in [2.45, 2.75) is 161 Å². The predicted molar refractivity (Wildman–Crippen MR) is 167 cm³/mol. The summed E-state index contributed by atoms with van der Waals surface area (Å²) in [5.74, 6) is -0.821. The van der Waals surface area contributed by atoms with Crippen molar-refractivity contribution in [1.82, 2.24) is 0 Å². The van der Waals surface area contributed by atoms with Gasteiger partial charge >= 0.3 is 11.9 Å². The van der Waals surface area contributed by atoms with E-state index in [1.807, 2.05) is 0 Å². The largest absolute Gasteiger partial charge is 0.481 e. The summed E-state index contributed by atoms with van der Waals surface area (Å²) in [6, 6.07) is 0. The Labute approximate surface area is 241 Å². The van der Waals surface area contributed by atoms with Crippen LogP contribution in [0.2, 0.25) is 0 Å². The highest BCUT2D eigenvalue weighted by molar-refractivity contribution is 5.69. The van der Waals surface area contributed by atoms with Crippen LogP contribution in [0, 0.1) is 0 Å². The maximum absolute atomic E-state index is 12.5. The first kappa shape index (κ1) is 36.9. The van der Waals surface area contributed by atoms with Crippen molar-refractivity contribution < 1.29 is 19.4 Å². The number of aliphatic carboxylic acids is 1. The van der Waals surface area contributed by atoms with E-state index >= 15 is 0 Å². The molecule has 0 spiro atoms. The average molecular weight is 545 g/mol. The molecule has 4 nitrogen and oxygen atoms in total. The lowest BCUT2D eigenvalue weighted by atomic mass is 10.1. The van der Waals surface area contributed by atoms with E-state index in [1.165, 1.54) is 44.9 Å². The topological polar surface area (TPSA) is 63.6 Å². The SMILES string of the molecule is CC/C=C\C/C=C\C/C=C\CCCCCC(=O)OC(/C=C\CCCCCCCCC)CCCCCCC(=O)O. The van der Waals surface area contributed by atoms with Gasteiger partial charge in [0.1, 0.15) is 6.10 Å². The van der Waals surface area contributed by atoms with E-state index < -0.39 is 5.97 Å². The summed E-state index contributed by atoms with van der Waals surface area (Å²) in [5.41, 5.74) is 0. The van der Waals surface area contributed by atoms with Crippen LogP contribution >= 0.6 is 0 Å². The Morgan fingerprint density at radius 1 is 0.615 bits per heavy atom. The predicted octanol–water partition coefficient (Wildman–Crippen LogP) is 10.8. The monoisotopic (exact) mass is 544 g/mol. The molecule has 39 heavy (non-hydrogen) atoms. The fraction of sp³-hybridized carbons (Fsp3) is 0.714. The third-order valence-electron chi connectivity index (χ3n) is 6.77. The summed E-state index contributed by atoms with van der Waals surface area (Å²) >= 11 is 0. The van der Waals surface area contributed by atoms with Crippen molar-refractivity contribution in [3.05, 3.63) is 48.6 Å². The molecule has 1 N–H and O–H groups in total. The highest BCUT2D eigenvalue weighted by Crippen LogP contribution is 2.15. The first-order chi connectivity index (χ1) is 19.1. The fourth-order valence-corrected chi connectivity index (χ4v) is 4.40. The van der Waals surface area contributed by atoms with Gasteiger partial charge in [0, 0.05) is 12.8 Å². The van der Waals surface area contributed by atoms with Gasteiger partial charge in [0.25, 0.3) is 0 Å². The molecule has 0 aromatic heterocycles. The first-order valence-corrected chi connectivity index (χ1v) is 16.1. The number of carbonyl (C=O) groups is 2. The highest BCUT2D eigenvalue weighted by Gasteiger charge is 2.11. The van der Waals surface area contributed by atoms with Crippen LogP contribution in [0.5, 0.6) is 0 Å². The number of hydrogen-bond donors (Lipinski definition) is 1. The van der Waals surface area contributed by atoms with Gasteiger partial charge in [0.05, 0.1) is 0 Å². The van der Waals surface area contributed by atoms with Crippen molar-refractivity contribution in [1.29, 1.82) is 0 Å². The third kappa shape index (κ3) is 30.3. The molecule has 0 saturated heterocycles. The number of carboxylic acid groups (broad SMARTS) is 1. The summed E-state index contributed by atoms with van der Waals surface area (Å²) in [7, 11) is 0. The standard InChI is InChI=1S/C35H60O4/c1-3-5-7-9-11-13-14-15-16-18-20-22-28-32-35(38)39-33(30-26-23-24-27-31-34(36)37)29-25-21-19-17-12-10-8-6-4-2/h5,7,11,13,15-16,25,29,33H,3-4,6,8-10,12,14,17-24,26-28,30-32H2,1-2H3,(H,36,37)/b7-5-,13-11-,16-15-,29-25-. The Bertz CT molecular complexity index is 674. The molecular weight excluding hydrogens is 484 g/mol. The molecule has 0 aliphatic rings. The molecule has 4 heteroatoms. The summed E-state index contributed by atoms with van der Waals surface area (Å²) in [6.07, 6.45) is 39.8. The van der Waals surface area contributed by atoms with Crippen molar-refractivity contribution in [2.24, 2.45) is 0 Å². The number of carbonyl (C=O) groups excluding carboxylic acids is 1.